The summed E-state index contributed by atoms with van der Waals surface area (Å²) < 4.78 is 18.1. The van der Waals surface area contributed by atoms with Crippen molar-refractivity contribution in [2.24, 2.45) is 0 Å². The summed E-state index contributed by atoms with van der Waals surface area (Å²) in [4.78, 5) is 34.8. The molecule has 6 nitrogen and oxygen atoms in total. The van der Waals surface area contributed by atoms with E-state index in [0.29, 0.717) is 5.00 Å². The largest absolute Gasteiger partial charge is 0.465 e. The standard InChI is InChI=1S/C14H10ClFN2O4S/c1-22-13(20)7-4-11(23-6-7)17-14(21)18-12(19)9-3-2-8(15)5-10(9)16/h2-6H,1H3,(H2,17,18,19,21). The molecule has 0 spiro atoms. The van der Waals surface area contributed by atoms with E-state index in [1.54, 1.807) is 0 Å². The quantitative estimate of drug-likeness (QED) is 0.826. The van der Waals surface area contributed by atoms with E-state index in [1.165, 1.54) is 30.7 Å². The number of thiophene rings is 1. The third-order valence-electron chi connectivity index (χ3n) is 2.66. The van der Waals surface area contributed by atoms with Crippen molar-refractivity contribution in [3.63, 3.8) is 0 Å². The molecular formula is C14H10ClFN2O4S. The van der Waals surface area contributed by atoms with Crippen molar-refractivity contribution in [2.75, 3.05) is 12.4 Å². The molecule has 2 N–H and O–H groups in total. The van der Waals surface area contributed by atoms with Gasteiger partial charge in [0.2, 0.25) is 0 Å². The van der Waals surface area contributed by atoms with Crippen LogP contribution in [0.15, 0.2) is 29.6 Å². The number of urea groups is 1. The van der Waals surface area contributed by atoms with Crippen LogP contribution in [0.1, 0.15) is 20.7 Å². The van der Waals surface area contributed by atoms with Gasteiger partial charge in [-0.3, -0.25) is 15.4 Å². The third-order valence-corrected chi connectivity index (χ3v) is 3.74. The molecular weight excluding hydrogens is 347 g/mol. The normalized spacial score (nSPS) is 10.0. The summed E-state index contributed by atoms with van der Waals surface area (Å²) in [5.74, 6) is -2.30. The molecule has 0 saturated carbocycles. The molecule has 120 valence electrons. The van der Waals surface area contributed by atoms with E-state index in [4.69, 9.17) is 11.6 Å². The van der Waals surface area contributed by atoms with Gasteiger partial charge in [0, 0.05) is 10.4 Å². The van der Waals surface area contributed by atoms with Gasteiger partial charge in [-0.25, -0.2) is 14.0 Å². The Bertz CT molecular complexity index is 778. The summed E-state index contributed by atoms with van der Waals surface area (Å²) in [5.41, 5.74) is -0.0474. The molecule has 0 unspecified atom stereocenters. The number of imide groups is 1. The second-order valence-corrected chi connectivity index (χ2v) is 5.57. The molecule has 2 aromatic rings. The molecule has 0 aliphatic rings. The van der Waals surface area contributed by atoms with E-state index in [0.717, 1.165) is 17.4 Å². The minimum Gasteiger partial charge on any atom is -0.465 e. The SMILES string of the molecule is COC(=O)c1csc(NC(=O)NC(=O)c2ccc(Cl)cc2F)c1. The molecule has 23 heavy (non-hydrogen) atoms. The highest BCUT2D eigenvalue weighted by atomic mass is 35.5. The number of nitrogens with one attached hydrogen (secondary N) is 2. The molecule has 2 rings (SSSR count). The maximum absolute atomic E-state index is 13.6. The fraction of sp³-hybridized carbons (Fsp3) is 0.0714. The first-order valence-corrected chi connectivity index (χ1v) is 7.40. The number of rotatable bonds is 3. The summed E-state index contributed by atoms with van der Waals surface area (Å²) in [5, 5.41) is 6.29. The highest BCUT2D eigenvalue weighted by Crippen LogP contribution is 2.21. The highest BCUT2D eigenvalue weighted by molar-refractivity contribution is 7.14. The number of carbonyl (C=O) groups is 3. The average Bonchev–Trinajstić information content (AvgIpc) is 2.94. The van der Waals surface area contributed by atoms with Crippen molar-refractivity contribution in [1.82, 2.24) is 5.32 Å². The Hall–Kier alpha value is -2.45. The second kappa shape index (κ2) is 7.21. The Morgan fingerprint density at radius 1 is 1.26 bits per heavy atom. The van der Waals surface area contributed by atoms with E-state index >= 15 is 0 Å². The molecule has 0 bridgehead atoms. The third kappa shape index (κ3) is 4.27. The van der Waals surface area contributed by atoms with Crippen LogP contribution in [0.5, 0.6) is 0 Å². The first kappa shape index (κ1) is 16.9. The van der Waals surface area contributed by atoms with Crippen molar-refractivity contribution in [3.05, 3.63) is 51.6 Å². The summed E-state index contributed by atoms with van der Waals surface area (Å²) in [7, 11) is 1.24. The fourth-order valence-corrected chi connectivity index (χ4v) is 2.54. The van der Waals surface area contributed by atoms with Crippen molar-refractivity contribution in [3.8, 4) is 0 Å². The first-order valence-electron chi connectivity index (χ1n) is 6.15. The lowest BCUT2D eigenvalue weighted by atomic mass is 10.2. The number of halogens is 2. The summed E-state index contributed by atoms with van der Waals surface area (Å²) in [6.45, 7) is 0. The molecule has 0 aliphatic heterocycles. The number of carbonyl (C=O) groups excluding carboxylic acids is 3. The number of amides is 3. The van der Waals surface area contributed by atoms with E-state index in [1.807, 2.05) is 5.32 Å². The summed E-state index contributed by atoms with van der Waals surface area (Å²) in [6.07, 6.45) is 0. The minimum absolute atomic E-state index is 0.137. The van der Waals surface area contributed by atoms with E-state index in [-0.39, 0.29) is 16.1 Å². The molecule has 0 atom stereocenters. The van der Waals surface area contributed by atoms with Gasteiger partial charge >= 0.3 is 12.0 Å². The number of hydrogen-bond donors (Lipinski definition) is 2. The number of methoxy groups -OCH3 is 1. The predicted molar refractivity (Wildman–Crippen MR) is 83.6 cm³/mol. The van der Waals surface area contributed by atoms with Crippen molar-refractivity contribution >= 4 is 45.8 Å². The first-order chi connectivity index (χ1) is 10.9. The molecule has 9 heteroatoms. The smallest absolute Gasteiger partial charge is 0.338 e. The van der Waals surface area contributed by atoms with Crippen LogP contribution in [-0.4, -0.2) is 25.0 Å². The Morgan fingerprint density at radius 3 is 2.65 bits per heavy atom. The number of benzene rings is 1. The van der Waals surface area contributed by atoms with Gasteiger partial charge in [-0.1, -0.05) is 11.6 Å². The maximum Gasteiger partial charge on any atom is 0.338 e. The zero-order chi connectivity index (χ0) is 17.0. The molecule has 0 radical (unpaired) electrons. The summed E-state index contributed by atoms with van der Waals surface area (Å²) >= 11 is 6.66. The van der Waals surface area contributed by atoms with E-state index in [2.05, 4.69) is 10.1 Å². The van der Waals surface area contributed by atoms with Crippen molar-refractivity contribution in [2.45, 2.75) is 0 Å². The van der Waals surface area contributed by atoms with Crippen LogP contribution in [0.25, 0.3) is 0 Å². The average molecular weight is 357 g/mol. The predicted octanol–water partition coefficient (Wildman–Crippen LogP) is 3.29. The van der Waals surface area contributed by atoms with E-state index in [9.17, 15) is 18.8 Å². The van der Waals surface area contributed by atoms with Crippen LogP contribution < -0.4 is 10.6 Å². The van der Waals surface area contributed by atoms with Crippen LogP contribution in [0.2, 0.25) is 5.02 Å². The van der Waals surface area contributed by atoms with Gasteiger partial charge in [0.25, 0.3) is 5.91 Å². The van der Waals surface area contributed by atoms with Crippen LogP contribution in [0.3, 0.4) is 0 Å². The molecule has 1 aromatic carbocycles. The molecule has 0 aliphatic carbocycles. The number of ether oxygens (including phenoxy) is 1. The maximum atomic E-state index is 13.6. The highest BCUT2D eigenvalue weighted by Gasteiger charge is 2.16. The van der Waals surface area contributed by atoms with Crippen LogP contribution in [0, 0.1) is 5.82 Å². The van der Waals surface area contributed by atoms with Crippen LogP contribution in [0.4, 0.5) is 14.2 Å². The fourth-order valence-electron chi connectivity index (χ4n) is 1.61. The number of hydrogen-bond acceptors (Lipinski definition) is 5. The Kier molecular flexibility index (Phi) is 5.30. The van der Waals surface area contributed by atoms with Gasteiger partial charge in [-0.05, 0) is 24.3 Å². The second-order valence-electron chi connectivity index (χ2n) is 4.22. The van der Waals surface area contributed by atoms with Crippen molar-refractivity contribution in [1.29, 1.82) is 0 Å². The lowest BCUT2D eigenvalue weighted by Gasteiger charge is -2.06. The molecule has 3 amide bonds. The number of anilines is 1. The minimum atomic E-state index is -0.915. The number of esters is 1. The van der Waals surface area contributed by atoms with Gasteiger partial charge in [0.05, 0.1) is 23.2 Å². The zero-order valence-corrected chi connectivity index (χ0v) is 13.3. The molecule has 0 saturated heterocycles. The summed E-state index contributed by atoms with van der Waals surface area (Å²) in [6, 6.07) is 4.00. The lowest BCUT2D eigenvalue weighted by molar-refractivity contribution is 0.0601. The molecule has 1 aromatic heterocycles. The van der Waals surface area contributed by atoms with Gasteiger partial charge < -0.3 is 4.74 Å². The zero-order valence-electron chi connectivity index (χ0n) is 11.7. The lowest BCUT2D eigenvalue weighted by Crippen LogP contribution is -2.34. The van der Waals surface area contributed by atoms with Crippen LogP contribution >= 0.6 is 22.9 Å². The Morgan fingerprint density at radius 2 is 2.00 bits per heavy atom. The Labute approximate surface area is 139 Å². The Balaban J connectivity index is 2.00. The van der Waals surface area contributed by atoms with Crippen molar-refractivity contribution < 1.29 is 23.5 Å². The van der Waals surface area contributed by atoms with Crippen LogP contribution in [-0.2, 0) is 4.74 Å². The molecule has 0 fully saturated rings. The van der Waals surface area contributed by atoms with E-state index < -0.39 is 23.7 Å². The van der Waals surface area contributed by atoms with Gasteiger partial charge in [0.15, 0.2) is 0 Å². The monoisotopic (exact) mass is 356 g/mol. The topological polar surface area (TPSA) is 84.5 Å². The van der Waals surface area contributed by atoms with Gasteiger partial charge in [0.1, 0.15) is 5.82 Å². The van der Waals surface area contributed by atoms with Gasteiger partial charge in [-0.2, -0.15) is 0 Å². The van der Waals surface area contributed by atoms with Gasteiger partial charge in [-0.15, -0.1) is 11.3 Å². The molecule has 1 heterocycles.